The summed E-state index contributed by atoms with van der Waals surface area (Å²) >= 11 is 7.04. The van der Waals surface area contributed by atoms with Gasteiger partial charge in [0.25, 0.3) is 0 Å². The first-order valence-electron chi connectivity index (χ1n) is 11.2. The van der Waals surface area contributed by atoms with E-state index in [2.05, 4.69) is 39.8 Å². The molecule has 0 radical (unpaired) electrons. The number of methoxy groups -OCH3 is 1. The molecule has 2 heterocycles. The van der Waals surface area contributed by atoms with Crippen LogP contribution in [0.2, 0.25) is 0 Å². The number of hydrogen-bond acceptors (Lipinski definition) is 5. The number of piperidine rings is 1. The van der Waals surface area contributed by atoms with Gasteiger partial charge < -0.3 is 15.4 Å². The predicted molar refractivity (Wildman–Crippen MR) is 140 cm³/mol. The third kappa shape index (κ3) is 6.63. The standard InChI is InChI=1S/C26H29N3O2S2/c1-31-25(30)23-17-22(16-19-8-4-2-5-9-19)33-24(23)28-26(32)27-21-12-10-20(11-13-21)18-29-14-6-3-7-15-29/h2,4-5,8-13,17H,3,6-7,14-16,18H2,1H3,(H2,27,28,32). The van der Waals surface area contributed by atoms with Crippen LogP contribution in [0.1, 0.15) is 45.6 Å². The van der Waals surface area contributed by atoms with Gasteiger partial charge in [-0.1, -0.05) is 48.9 Å². The topological polar surface area (TPSA) is 53.6 Å². The van der Waals surface area contributed by atoms with Gasteiger partial charge in [0.15, 0.2) is 5.11 Å². The molecule has 172 valence electrons. The molecule has 4 rings (SSSR count). The number of benzene rings is 2. The van der Waals surface area contributed by atoms with Gasteiger partial charge in [0, 0.05) is 23.5 Å². The summed E-state index contributed by atoms with van der Waals surface area (Å²) in [6, 6.07) is 20.4. The number of rotatable bonds is 7. The van der Waals surface area contributed by atoms with Crippen LogP contribution >= 0.6 is 23.6 Å². The normalized spacial score (nSPS) is 14.0. The van der Waals surface area contributed by atoms with E-state index in [1.165, 1.54) is 61.9 Å². The van der Waals surface area contributed by atoms with Gasteiger partial charge in [0.1, 0.15) is 5.00 Å². The van der Waals surface area contributed by atoms with Crippen LogP contribution in [0.5, 0.6) is 0 Å². The Bertz CT molecular complexity index is 1070. The van der Waals surface area contributed by atoms with Crippen LogP contribution in [-0.2, 0) is 17.7 Å². The molecule has 5 nitrogen and oxygen atoms in total. The first-order chi connectivity index (χ1) is 16.1. The Morgan fingerprint density at radius 1 is 1.00 bits per heavy atom. The minimum absolute atomic E-state index is 0.377. The largest absolute Gasteiger partial charge is 0.465 e. The van der Waals surface area contributed by atoms with Crippen molar-refractivity contribution < 1.29 is 9.53 Å². The SMILES string of the molecule is COC(=O)c1cc(Cc2ccccc2)sc1NC(=S)Nc1ccc(CN2CCCCC2)cc1. The zero-order valence-corrected chi connectivity index (χ0v) is 20.4. The van der Waals surface area contributed by atoms with E-state index in [-0.39, 0.29) is 5.97 Å². The molecule has 1 aliphatic heterocycles. The third-order valence-corrected chi connectivity index (χ3v) is 6.96. The van der Waals surface area contributed by atoms with E-state index < -0.39 is 0 Å². The van der Waals surface area contributed by atoms with Gasteiger partial charge in [0.05, 0.1) is 12.7 Å². The Labute approximate surface area is 204 Å². The number of thiocarbonyl (C=S) groups is 1. The minimum atomic E-state index is -0.377. The second-order valence-electron chi connectivity index (χ2n) is 8.22. The second kappa shape index (κ2) is 11.4. The molecule has 0 spiro atoms. The highest BCUT2D eigenvalue weighted by Gasteiger charge is 2.18. The monoisotopic (exact) mass is 479 g/mol. The van der Waals surface area contributed by atoms with Gasteiger partial charge in [-0.25, -0.2) is 4.79 Å². The fraction of sp³-hybridized carbons (Fsp3) is 0.308. The number of esters is 1. The quantitative estimate of drug-likeness (QED) is 0.324. The molecule has 0 atom stereocenters. The van der Waals surface area contributed by atoms with Crippen LogP contribution in [0.25, 0.3) is 0 Å². The molecule has 0 aliphatic carbocycles. The molecule has 1 aliphatic rings. The lowest BCUT2D eigenvalue weighted by Gasteiger charge is -2.26. The van der Waals surface area contributed by atoms with E-state index in [0.29, 0.717) is 15.7 Å². The molecule has 1 saturated heterocycles. The highest BCUT2D eigenvalue weighted by molar-refractivity contribution is 7.80. The highest BCUT2D eigenvalue weighted by Crippen LogP contribution is 2.31. The number of likely N-dealkylation sites (tertiary alicyclic amines) is 1. The smallest absolute Gasteiger partial charge is 0.340 e. The van der Waals surface area contributed by atoms with Crippen LogP contribution in [-0.4, -0.2) is 36.2 Å². The molecule has 2 aromatic carbocycles. The van der Waals surface area contributed by atoms with Gasteiger partial charge in [-0.2, -0.15) is 0 Å². The number of thiophene rings is 1. The summed E-state index contributed by atoms with van der Waals surface area (Å²) in [4.78, 5) is 15.9. The Hall–Kier alpha value is -2.74. The van der Waals surface area contributed by atoms with Crippen LogP contribution in [0, 0.1) is 0 Å². The van der Waals surface area contributed by atoms with Crippen molar-refractivity contribution in [1.29, 1.82) is 0 Å². The van der Waals surface area contributed by atoms with Crippen molar-refractivity contribution in [2.45, 2.75) is 32.2 Å². The fourth-order valence-electron chi connectivity index (χ4n) is 4.02. The Morgan fingerprint density at radius 3 is 2.42 bits per heavy atom. The van der Waals surface area contributed by atoms with Gasteiger partial charge in [0.2, 0.25) is 0 Å². The van der Waals surface area contributed by atoms with Crippen molar-refractivity contribution in [3.63, 3.8) is 0 Å². The number of carbonyl (C=O) groups is 1. The van der Waals surface area contributed by atoms with Gasteiger partial charge >= 0.3 is 5.97 Å². The number of hydrogen-bond donors (Lipinski definition) is 2. The molecule has 1 fully saturated rings. The number of ether oxygens (including phenoxy) is 1. The van der Waals surface area contributed by atoms with Crippen molar-refractivity contribution in [1.82, 2.24) is 4.90 Å². The molecular formula is C26H29N3O2S2. The summed E-state index contributed by atoms with van der Waals surface area (Å²) in [5, 5.41) is 7.54. The first-order valence-corrected chi connectivity index (χ1v) is 12.5. The average Bonchev–Trinajstić information content (AvgIpc) is 3.23. The van der Waals surface area contributed by atoms with Crippen LogP contribution in [0.4, 0.5) is 10.7 Å². The molecule has 0 amide bonds. The van der Waals surface area contributed by atoms with Crippen molar-refractivity contribution in [3.05, 3.63) is 82.2 Å². The van der Waals surface area contributed by atoms with Gasteiger partial charge in [-0.05, 0) is 67.5 Å². The highest BCUT2D eigenvalue weighted by atomic mass is 32.1. The zero-order chi connectivity index (χ0) is 23.0. The van der Waals surface area contributed by atoms with Crippen molar-refractivity contribution in [2.24, 2.45) is 0 Å². The number of carbonyl (C=O) groups excluding carboxylic acids is 1. The van der Waals surface area contributed by atoms with Crippen molar-refractivity contribution in [3.8, 4) is 0 Å². The Balaban J connectivity index is 1.39. The van der Waals surface area contributed by atoms with Crippen molar-refractivity contribution in [2.75, 3.05) is 30.8 Å². The van der Waals surface area contributed by atoms with Crippen LogP contribution in [0.15, 0.2) is 60.7 Å². The lowest BCUT2D eigenvalue weighted by atomic mass is 10.1. The molecule has 2 N–H and O–H groups in total. The number of nitrogens with one attached hydrogen (secondary N) is 2. The van der Waals surface area contributed by atoms with Crippen LogP contribution < -0.4 is 10.6 Å². The summed E-state index contributed by atoms with van der Waals surface area (Å²) in [5.74, 6) is -0.377. The average molecular weight is 480 g/mol. The Morgan fingerprint density at radius 2 is 1.73 bits per heavy atom. The van der Waals surface area contributed by atoms with E-state index >= 15 is 0 Å². The predicted octanol–water partition coefficient (Wildman–Crippen LogP) is 5.92. The summed E-state index contributed by atoms with van der Waals surface area (Å²) in [6.07, 6.45) is 4.68. The van der Waals surface area contributed by atoms with E-state index in [4.69, 9.17) is 17.0 Å². The lowest BCUT2D eigenvalue weighted by Crippen LogP contribution is -2.29. The van der Waals surface area contributed by atoms with E-state index in [0.717, 1.165) is 23.5 Å². The molecular weight excluding hydrogens is 450 g/mol. The molecule has 0 saturated carbocycles. The molecule has 7 heteroatoms. The number of nitrogens with zero attached hydrogens (tertiary/aromatic N) is 1. The minimum Gasteiger partial charge on any atom is -0.465 e. The van der Waals surface area contributed by atoms with E-state index in [9.17, 15) is 4.79 Å². The van der Waals surface area contributed by atoms with Gasteiger partial charge in [-0.15, -0.1) is 11.3 Å². The number of anilines is 2. The fourth-order valence-corrected chi connectivity index (χ4v) is 5.38. The van der Waals surface area contributed by atoms with E-state index in [1.807, 2.05) is 36.4 Å². The summed E-state index contributed by atoms with van der Waals surface area (Å²) in [6.45, 7) is 3.36. The maximum Gasteiger partial charge on any atom is 0.340 e. The Kier molecular flexibility index (Phi) is 8.10. The second-order valence-corrected chi connectivity index (χ2v) is 9.77. The molecule has 33 heavy (non-hydrogen) atoms. The van der Waals surface area contributed by atoms with Crippen LogP contribution in [0.3, 0.4) is 0 Å². The van der Waals surface area contributed by atoms with Gasteiger partial charge in [-0.3, -0.25) is 4.90 Å². The molecule has 1 aromatic heterocycles. The maximum atomic E-state index is 12.3. The first kappa shape index (κ1) is 23.4. The molecule has 0 bridgehead atoms. The van der Waals surface area contributed by atoms with E-state index in [1.54, 1.807) is 0 Å². The summed E-state index contributed by atoms with van der Waals surface area (Å²) < 4.78 is 4.98. The molecule has 0 unspecified atom stereocenters. The zero-order valence-electron chi connectivity index (χ0n) is 18.8. The maximum absolute atomic E-state index is 12.3. The third-order valence-electron chi connectivity index (χ3n) is 5.70. The summed E-state index contributed by atoms with van der Waals surface area (Å²) in [7, 11) is 1.39. The molecule has 3 aromatic rings. The lowest BCUT2D eigenvalue weighted by molar-refractivity contribution is 0.0602. The summed E-state index contributed by atoms with van der Waals surface area (Å²) in [5.41, 5.74) is 3.90. The van der Waals surface area contributed by atoms with Crippen molar-refractivity contribution >= 4 is 45.3 Å².